The number of aromatic nitrogens is 3. The predicted octanol–water partition coefficient (Wildman–Crippen LogP) is 16.6. The first-order valence-corrected chi connectivity index (χ1v) is 35.0. The number of halogens is 15. The minimum atomic E-state index is -4.90. The average molecular weight is 1620 g/mol. The largest absolute Gasteiger partial charge is 0.476 e. The number of rotatable bonds is 19. The molecule has 0 fully saturated rings. The minimum Gasteiger partial charge on any atom is -0.476 e. The van der Waals surface area contributed by atoms with Crippen LogP contribution in [0.4, 0.5) is 73.6 Å². The highest BCUT2D eigenvalue weighted by Crippen LogP contribution is 2.41. The second kappa shape index (κ2) is 35.2. The number of nitrogens with zero attached hydrogens (tertiary/aromatic N) is 7. The standard InChI is InChI=1S/C22H18Cl2F3N3O4S.C20H14Cl2F3N3O3S.C15H11Cl2F3N2O5S.C7H9N/c1-29(15-6-4-3-5-7-15)21(31)20-19(10-14(23)12-28-20)30(13-34-2)35(32,33)16-8-9-18(24)17(11-16)22(25,26)27;1-28(13-5-3-2-4-6-13)19(29)18-17(9-12(21)11-26-18)27-32(30,31)14-7-8-16(22)15(10-14)20(23,24)25;1-27-7-22(12-4-8(16)6-21-13(12)14(23)24)28(25,26)9-2-3-11(17)10(5-9)15(18,19)20;1-8-7-5-3-2-4-6-7/h3-12H,13H2,1-2H3;2-11,27H,1H3;2-6H,7H2,1H3,(H,23,24);2-6,8H,1H3. The quantitative estimate of drug-likeness (QED) is 0.0501. The lowest BCUT2D eigenvalue weighted by Gasteiger charge is -2.27. The van der Waals surface area contributed by atoms with Crippen LogP contribution in [-0.2, 0) is 58.1 Å². The van der Waals surface area contributed by atoms with Gasteiger partial charge in [0.05, 0.1) is 78.6 Å². The SMILES string of the molecule is CN(C(=O)c1ncc(Cl)cc1NS(=O)(=O)c1ccc(Cl)c(C(F)(F)F)c1)c1ccccc1.CNc1ccccc1.COCN(c1cc(Cl)cnc1C(=O)N(C)c1ccccc1)S(=O)(=O)c1ccc(Cl)c(C(F)(F)F)c1.COCN(c1cc(Cl)cnc1C(=O)O)S(=O)(=O)c1ccc(Cl)c(C(F)(F)F)c1. The van der Waals surface area contributed by atoms with Crippen LogP contribution in [0.3, 0.4) is 0 Å². The van der Waals surface area contributed by atoms with Gasteiger partial charge in [-0.1, -0.05) is 124 Å². The number of hydrogen-bond donors (Lipinski definition) is 3. The monoisotopic (exact) mass is 1620 g/mol. The van der Waals surface area contributed by atoms with Gasteiger partial charge in [0, 0.05) is 71.0 Å². The Bertz CT molecular complexity index is 4880. The van der Waals surface area contributed by atoms with Gasteiger partial charge in [0.25, 0.3) is 41.9 Å². The Labute approximate surface area is 613 Å². The summed E-state index contributed by atoms with van der Waals surface area (Å²) in [5.41, 5.74) is -4.20. The molecular weight excluding hydrogens is 1570 g/mol. The lowest BCUT2D eigenvalue weighted by molar-refractivity contribution is -0.138. The number of pyridine rings is 3. The van der Waals surface area contributed by atoms with Crippen LogP contribution in [0.15, 0.2) is 197 Å². The van der Waals surface area contributed by atoms with E-state index in [1.807, 2.05) is 37.4 Å². The predicted molar refractivity (Wildman–Crippen MR) is 372 cm³/mol. The molecule has 9 rings (SSSR count). The molecule has 0 spiro atoms. The Balaban J connectivity index is 0.000000230. The van der Waals surface area contributed by atoms with Crippen LogP contribution in [0.1, 0.15) is 48.2 Å². The molecule has 548 valence electrons. The summed E-state index contributed by atoms with van der Waals surface area (Å²) in [7, 11) is -6.83. The van der Waals surface area contributed by atoms with Gasteiger partial charge in [-0.2, -0.15) is 39.5 Å². The number of benzene rings is 6. The summed E-state index contributed by atoms with van der Waals surface area (Å²) in [4.78, 5) is 49.4. The van der Waals surface area contributed by atoms with E-state index in [9.17, 15) is 84.3 Å². The van der Waals surface area contributed by atoms with E-state index in [1.54, 1.807) is 60.7 Å². The first-order chi connectivity index (χ1) is 48.1. The van der Waals surface area contributed by atoms with Gasteiger partial charge < -0.3 is 29.7 Å². The molecule has 0 radical (unpaired) electrons. The van der Waals surface area contributed by atoms with Gasteiger partial charge in [0.1, 0.15) is 13.5 Å². The molecule has 0 saturated carbocycles. The summed E-state index contributed by atoms with van der Waals surface area (Å²) in [5.74, 6) is -2.93. The van der Waals surface area contributed by atoms with Crippen molar-refractivity contribution in [1.29, 1.82) is 0 Å². The maximum atomic E-state index is 13.5. The van der Waals surface area contributed by atoms with Gasteiger partial charge in [-0.05, 0) is 109 Å². The Hall–Kier alpha value is -8.74. The number of amides is 2. The van der Waals surface area contributed by atoms with E-state index in [2.05, 4.69) is 25.0 Å². The number of alkyl halides is 9. The normalized spacial score (nSPS) is 11.7. The van der Waals surface area contributed by atoms with Crippen molar-refractivity contribution in [3.8, 4) is 0 Å². The molecule has 39 heteroatoms. The van der Waals surface area contributed by atoms with E-state index in [4.69, 9.17) is 79.1 Å². The Morgan fingerprint density at radius 1 is 0.466 bits per heavy atom. The fourth-order valence-electron chi connectivity index (χ4n) is 8.60. The smallest absolute Gasteiger partial charge is 0.417 e. The van der Waals surface area contributed by atoms with Crippen LogP contribution in [0, 0.1) is 0 Å². The van der Waals surface area contributed by atoms with Crippen molar-refractivity contribution in [2.45, 2.75) is 33.2 Å². The van der Waals surface area contributed by atoms with Gasteiger partial charge in [-0.15, -0.1) is 0 Å². The third kappa shape index (κ3) is 21.5. The molecule has 2 amide bonds. The fraction of sp³-hybridized carbons (Fsp3) is 0.156. The summed E-state index contributed by atoms with van der Waals surface area (Å²) in [6, 6.07) is 36.6. The number of para-hydroxylation sites is 3. The topological polar surface area (TPSA) is 268 Å². The molecular formula is C64H52Cl6F9N9O12S3. The highest BCUT2D eigenvalue weighted by Gasteiger charge is 2.40. The van der Waals surface area contributed by atoms with Crippen molar-refractivity contribution in [3.63, 3.8) is 0 Å². The minimum absolute atomic E-state index is 0.00806. The Morgan fingerprint density at radius 2 is 0.796 bits per heavy atom. The summed E-state index contributed by atoms with van der Waals surface area (Å²) in [6.45, 7) is -1.36. The van der Waals surface area contributed by atoms with E-state index >= 15 is 0 Å². The van der Waals surface area contributed by atoms with Crippen molar-refractivity contribution in [1.82, 2.24) is 15.0 Å². The fourth-order valence-corrected chi connectivity index (χ4v) is 13.6. The van der Waals surface area contributed by atoms with Crippen LogP contribution in [-0.4, -0.2) is 112 Å². The first-order valence-electron chi connectivity index (χ1n) is 28.4. The summed E-state index contributed by atoms with van der Waals surface area (Å²) >= 11 is 34.5. The molecule has 0 unspecified atom stereocenters. The highest BCUT2D eigenvalue weighted by atomic mass is 35.5. The van der Waals surface area contributed by atoms with E-state index in [0.29, 0.717) is 38.2 Å². The Kier molecular flexibility index (Phi) is 28.4. The van der Waals surface area contributed by atoms with Crippen molar-refractivity contribution < 1.29 is 93.7 Å². The van der Waals surface area contributed by atoms with Crippen LogP contribution < -0.4 is 28.4 Å². The number of carbonyl (C=O) groups is 3. The first kappa shape index (κ1) is 83.2. The highest BCUT2D eigenvalue weighted by molar-refractivity contribution is 7.93. The molecule has 21 nitrogen and oxygen atoms in total. The molecule has 3 N–H and O–H groups in total. The van der Waals surface area contributed by atoms with Gasteiger partial charge >= 0.3 is 24.5 Å². The van der Waals surface area contributed by atoms with Gasteiger partial charge in [-0.25, -0.2) is 53.6 Å². The Morgan fingerprint density at radius 3 is 1.16 bits per heavy atom. The van der Waals surface area contributed by atoms with E-state index < -0.39 is 138 Å². The molecule has 0 bridgehead atoms. The second-order valence-electron chi connectivity index (χ2n) is 20.5. The van der Waals surface area contributed by atoms with E-state index in [1.165, 1.54) is 31.0 Å². The zero-order chi connectivity index (χ0) is 76.7. The summed E-state index contributed by atoms with van der Waals surface area (Å²) in [5, 5.41) is 10.2. The number of nitrogens with one attached hydrogen (secondary N) is 2. The van der Waals surface area contributed by atoms with Crippen molar-refractivity contribution >= 4 is 152 Å². The maximum absolute atomic E-state index is 13.5. The number of sulfonamides is 3. The number of carboxylic acids is 1. The third-order valence-electron chi connectivity index (χ3n) is 13.6. The second-order valence-corrected chi connectivity index (χ2v) is 28.4. The van der Waals surface area contributed by atoms with Gasteiger partial charge in [-0.3, -0.25) is 14.3 Å². The summed E-state index contributed by atoms with van der Waals surface area (Å²) in [6.07, 6.45) is -11.4. The number of hydrogen-bond acceptors (Lipinski definition) is 15. The average Bonchev–Trinajstić information content (AvgIpc) is 0.780. The zero-order valence-electron chi connectivity index (χ0n) is 53.2. The molecule has 0 aliphatic carbocycles. The van der Waals surface area contributed by atoms with Crippen molar-refractivity contribution in [2.75, 3.05) is 77.3 Å². The lowest BCUT2D eigenvalue weighted by atomic mass is 10.2. The van der Waals surface area contributed by atoms with E-state index in [0.717, 1.165) is 86.0 Å². The molecule has 103 heavy (non-hydrogen) atoms. The summed E-state index contributed by atoms with van der Waals surface area (Å²) < 4.78 is 210. The maximum Gasteiger partial charge on any atom is 0.417 e. The van der Waals surface area contributed by atoms with Crippen molar-refractivity contribution in [3.05, 3.63) is 246 Å². The van der Waals surface area contributed by atoms with Crippen LogP contribution in [0.5, 0.6) is 0 Å². The molecule has 0 saturated heterocycles. The molecule has 9 aromatic rings. The number of methoxy groups -OCH3 is 2. The number of carboxylic acid groups (broad SMARTS) is 1. The zero-order valence-corrected chi connectivity index (χ0v) is 60.2. The van der Waals surface area contributed by atoms with E-state index in [-0.39, 0.29) is 37.8 Å². The van der Waals surface area contributed by atoms with Crippen molar-refractivity contribution in [2.24, 2.45) is 0 Å². The number of anilines is 6. The molecule has 0 atom stereocenters. The van der Waals surface area contributed by atoms with Gasteiger partial charge in [0.2, 0.25) is 0 Å². The molecule has 3 heterocycles. The number of carbonyl (C=O) groups excluding carboxylic acids is 2. The molecule has 6 aromatic carbocycles. The lowest BCUT2D eigenvalue weighted by Crippen LogP contribution is -2.36. The number of aromatic carboxylic acids is 1. The van der Waals surface area contributed by atoms with Crippen LogP contribution in [0.25, 0.3) is 0 Å². The number of ether oxygens (including phenoxy) is 2. The molecule has 0 aliphatic rings. The molecule has 0 aliphatic heterocycles. The van der Waals surface area contributed by atoms with Crippen LogP contribution >= 0.6 is 69.6 Å². The van der Waals surface area contributed by atoms with Gasteiger partial charge in [0.15, 0.2) is 17.1 Å². The van der Waals surface area contributed by atoms with Crippen LogP contribution in [0.2, 0.25) is 30.1 Å². The molecule has 3 aromatic heterocycles. The third-order valence-corrected chi connectivity index (χ3v) is 20.0.